The highest BCUT2D eigenvalue weighted by atomic mass is 19.4. The van der Waals surface area contributed by atoms with Crippen molar-refractivity contribution in [3.8, 4) is 5.75 Å². The van der Waals surface area contributed by atoms with Crippen LogP contribution in [0.5, 0.6) is 5.75 Å². The average Bonchev–Trinajstić information content (AvgIpc) is 3.62. The van der Waals surface area contributed by atoms with Gasteiger partial charge in [0.25, 0.3) is 0 Å². The van der Waals surface area contributed by atoms with Crippen molar-refractivity contribution in [1.82, 2.24) is 26.2 Å². The van der Waals surface area contributed by atoms with Crippen molar-refractivity contribution in [2.24, 2.45) is 34.0 Å². The van der Waals surface area contributed by atoms with Crippen LogP contribution in [0.2, 0.25) is 0 Å². The Morgan fingerprint density at radius 1 is 0.836 bits per heavy atom. The monoisotopic (exact) mass is 781 g/mol. The molecule has 306 valence electrons. The number of nitrogens with one attached hydrogen (secondary N) is 4. The Hall–Kier alpha value is -5.10. The minimum absolute atomic E-state index is 0.0129. The smallest absolute Gasteiger partial charge is 0.471 e. The number of alkyl halides is 3. The second kappa shape index (κ2) is 20.5. The lowest BCUT2D eigenvalue weighted by Gasteiger charge is -2.33. The molecule has 6 amide bonds. The number of halogens is 3. The summed E-state index contributed by atoms with van der Waals surface area (Å²) in [4.78, 5) is 84.9. The van der Waals surface area contributed by atoms with E-state index in [0.717, 1.165) is 6.42 Å². The van der Waals surface area contributed by atoms with E-state index in [1.165, 1.54) is 29.2 Å². The Morgan fingerprint density at radius 3 is 2.04 bits per heavy atom. The third kappa shape index (κ3) is 13.9. The number of hydrogen-bond acceptors (Lipinski definition) is 8. The number of nitrogens with two attached hydrogens (primary N) is 3. The molecule has 11 N–H and O–H groups in total. The normalized spacial score (nSPS) is 18.4. The van der Waals surface area contributed by atoms with Gasteiger partial charge < -0.3 is 48.5 Å². The molecule has 0 aromatic heterocycles. The molecule has 0 unspecified atom stereocenters. The van der Waals surface area contributed by atoms with Crippen molar-refractivity contribution in [2.45, 2.75) is 121 Å². The molecule has 3 rings (SSSR count). The summed E-state index contributed by atoms with van der Waals surface area (Å²) < 4.78 is 40.0. The maximum absolute atomic E-state index is 14.2. The number of carbonyl (C=O) groups is 6. The van der Waals surface area contributed by atoms with E-state index in [1.54, 1.807) is 5.32 Å². The maximum Gasteiger partial charge on any atom is 0.471 e. The first-order chi connectivity index (χ1) is 25.9. The van der Waals surface area contributed by atoms with E-state index in [2.05, 4.69) is 20.9 Å². The molecule has 1 saturated heterocycles. The lowest BCUT2D eigenvalue weighted by atomic mass is 9.83. The summed E-state index contributed by atoms with van der Waals surface area (Å²) in [6.07, 6.45) is -1.14. The summed E-state index contributed by atoms with van der Waals surface area (Å²) in [6.45, 7) is 4.06. The molecule has 1 saturated carbocycles. The number of hydrogen-bond donors (Lipinski definition) is 8. The van der Waals surface area contributed by atoms with Crippen molar-refractivity contribution < 1.29 is 47.0 Å². The van der Waals surface area contributed by atoms with Crippen LogP contribution >= 0.6 is 0 Å². The summed E-state index contributed by atoms with van der Waals surface area (Å²) in [7, 11) is 0. The molecular formula is C36H54F3N9O7. The highest BCUT2D eigenvalue weighted by Crippen LogP contribution is 2.27. The van der Waals surface area contributed by atoms with E-state index in [4.69, 9.17) is 17.2 Å². The minimum atomic E-state index is -5.31. The Kier molecular flexibility index (Phi) is 16.5. The van der Waals surface area contributed by atoms with Gasteiger partial charge in [0, 0.05) is 19.5 Å². The standard InChI is InChI=1S/C36H54F3N9O7/c1-20(2)18-26(33(54)48-17-7-11-27(48)29(40)50)45-30(51)24(10-6-16-43-35(41)42)44-32(53)28(22-8-4-3-5-9-22)47-31(52)25(46-34(55)36(37,38)39)19-21-12-14-23(49)15-13-21/h12-15,20,22,24-28,49H,3-11,16-19H2,1-2H3,(H2,40,50)(H,44,53)(H,45,51)(H,46,55)(H,47,52)(H4,41,42,43)/t24-,25-,26-,27-,28-/m0/s1. The van der Waals surface area contributed by atoms with Crippen LogP contribution in [-0.2, 0) is 35.2 Å². The van der Waals surface area contributed by atoms with Crippen molar-refractivity contribution >= 4 is 41.4 Å². The van der Waals surface area contributed by atoms with Gasteiger partial charge in [0.15, 0.2) is 5.96 Å². The van der Waals surface area contributed by atoms with Crippen LogP contribution in [0.25, 0.3) is 0 Å². The van der Waals surface area contributed by atoms with Crippen LogP contribution in [0.15, 0.2) is 29.3 Å². The predicted octanol–water partition coefficient (Wildman–Crippen LogP) is 0.593. The lowest BCUT2D eigenvalue weighted by Crippen LogP contribution is -2.61. The van der Waals surface area contributed by atoms with Gasteiger partial charge >= 0.3 is 12.1 Å². The SMILES string of the molecule is CC(C)C[C@H](NC(=O)[C@H](CCCN=C(N)N)NC(=O)[C@@H](NC(=O)[C@H](Cc1ccc(O)cc1)NC(=O)C(F)(F)F)C1CCCCC1)C(=O)N1CCC[C@H]1C(N)=O. The zero-order chi connectivity index (χ0) is 40.9. The molecule has 1 aliphatic carbocycles. The fourth-order valence-corrected chi connectivity index (χ4v) is 6.96. The third-order valence-electron chi connectivity index (χ3n) is 9.72. The average molecular weight is 782 g/mol. The number of phenols is 1. The molecule has 2 fully saturated rings. The van der Waals surface area contributed by atoms with Gasteiger partial charge in [-0.05, 0) is 74.5 Å². The molecule has 1 aromatic carbocycles. The van der Waals surface area contributed by atoms with Gasteiger partial charge in [-0.1, -0.05) is 45.2 Å². The van der Waals surface area contributed by atoms with E-state index in [9.17, 15) is 47.0 Å². The van der Waals surface area contributed by atoms with Gasteiger partial charge in [-0.25, -0.2) is 0 Å². The molecule has 0 bridgehead atoms. The van der Waals surface area contributed by atoms with Gasteiger partial charge in [0.1, 0.15) is 36.0 Å². The van der Waals surface area contributed by atoms with Crippen molar-refractivity contribution in [2.75, 3.05) is 13.1 Å². The number of carbonyl (C=O) groups excluding carboxylic acids is 6. The number of rotatable bonds is 18. The first-order valence-electron chi connectivity index (χ1n) is 18.6. The topological polar surface area (TPSA) is 264 Å². The number of guanidine groups is 1. The van der Waals surface area contributed by atoms with Gasteiger partial charge in [-0.15, -0.1) is 0 Å². The highest BCUT2D eigenvalue weighted by Gasteiger charge is 2.42. The summed E-state index contributed by atoms with van der Waals surface area (Å²) in [5, 5.41) is 19.4. The summed E-state index contributed by atoms with van der Waals surface area (Å²) in [5.74, 6) is -6.97. The summed E-state index contributed by atoms with van der Waals surface area (Å²) in [6, 6.07) is -0.976. The second-order valence-corrected chi connectivity index (χ2v) is 14.6. The van der Waals surface area contributed by atoms with E-state index < -0.39 is 84.2 Å². The maximum atomic E-state index is 14.2. The zero-order valence-electron chi connectivity index (χ0n) is 31.2. The van der Waals surface area contributed by atoms with Crippen LogP contribution in [0.4, 0.5) is 13.2 Å². The molecule has 5 atom stereocenters. The molecule has 1 aromatic rings. The molecule has 1 aliphatic heterocycles. The van der Waals surface area contributed by atoms with Gasteiger partial charge in [-0.3, -0.25) is 33.8 Å². The van der Waals surface area contributed by atoms with Crippen molar-refractivity contribution in [1.29, 1.82) is 0 Å². The summed E-state index contributed by atoms with van der Waals surface area (Å²) in [5.41, 5.74) is 16.8. The number of phenolic OH excluding ortho intramolecular Hbond substituents is 1. The van der Waals surface area contributed by atoms with E-state index >= 15 is 0 Å². The molecule has 55 heavy (non-hydrogen) atoms. The fourth-order valence-electron chi connectivity index (χ4n) is 6.96. The number of benzene rings is 1. The zero-order valence-corrected chi connectivity index (χ0v) is 31.2. The number of nitrogens with zero attached hydrogens (tertiary/aromatic N) is 2. The van der Waals surface area contributed by atoms with Crippen molar-refractivity contribution in [3.63, 3.8) is 0 Å². The molecule has 19 heteroatoms. The van der Waals surface area contributed by atoms with Gasteiger partial charge in [0.2, 0.25) is 29.5 Å². The fraction of sp³-hybridized carbons (Fsp3) is 0.639. The van der Waals surface area contributed by atoms with Crippen LogP contribution in [-0.4, -0.2) is 101 Å². The quantitative estimate of drug-likeness (QED) is 0.0588. The van der Waals surface area contributed by atoms with Crippen LogP contribution < -0.4 is 38.5 Å². The molecule has 0 spiro atoms. The molecule has 0 radical (unpaired) electrons. The van der Waals surface area contributed by atoms with Crippen LogP contribution in [0.3, 0.4) is 0 Å². The van der Waals surface area contributed by atoms with Crippen LogP contribution in [0, 0.1) is 11.8 Å². The number of primary amides is 1. The van der Waals surface area contributed by atoms with Gasteiger partial charge in [0.05, 0.1) is 0 Å². The Bertz CT molecular complexity index is 1530. The number of amides is 6. The Morgan fingerprint density at radius 2 is 1.45 bits per heavy atom. The lowest BCUT2D eigenvalue weighted by molar-refractivity contribution is -0.174. The van der Waals surface area contributed by atoms with E-state index in [-0.39, 0.29) is 50.0 Å². The Labute approximate surface area is 318 Å². The summed E-state index contributed by atoms with van der Waals surface area (Å²) >= 11 is 0. The highest BCUT2D eigenvalue weighted by molar-refractivity contribution is 5.97. The Balaban J connectivity index is 1.91. The first kappa shape index (κ1) is 44.3. The van der Waals surface area contributed by atoms with E-state index in [1.807, 2.05) is 13.8 Å². The number of aliphatic imine (C=N–C) groups is 1. The molecule has 1 heterocycles. The van der Waals surface area contributed by atoms with Crippen LogP contribution in [0.1, 0.15) is 83.6 Å². The molecular weight excluding hydrogens is 727 g/mol. The number of likely N-dealkylation sites (tertiary alicyclic amines) is 1. The van der Waals surface area contributed by atoms with E-state index in [0.29, 0.717) is 44.1 Å². The van der Waals surface area contributed by atoms with Crippen molar-refractivity contribution in [3.05, 3.63) is 29.8 Å². The third-order valence-corrected chi connectivity index (χ3v) is 9.72. The largest absolute Gasteiger partial charge is 0.508 e. The first-order valence-corrected chi connectivity index (χ1v) is 18.6. The number of aromatic hydroxyl groups is 1. The molecule has 2 aliphatic rings. The minimum Gasteiger partial charge on any atom is -0.508 e. The van der Waals surface area contributed by atoms with Gasteiger partial charge in [-0.2, -0.15) is 13.2 Å². The second-order valence-electron chi connectivity index (χ2n) is 14.6. The predicted molar refractivity (Wildman–Crippen MR) is 195 cm³/mol. The molecule has 16 nitrogen and oxygen atoms in total.